The highest BCUT2D eigenvalue weighted by molar-refractivity contribution is 7.89. The first-order chi connectivity index (χ1) is 14.5. The number of rotatable bonds is 5. The van der Waals surface area contributed by atoms with Crippen molar-refractivity contribution in [2.75, 3.05) is 13.1 Å². The Kier molecular flexibility index (Phi) is 6.98. The second-order valence-electron chi connectivity index (χ2n) is 7.46. The summed E-state index contributed by atoms with van der Waals surface area (Å²) in [6.45, 7) is 1.92. The van der Waals surface area contributed by atoms with Crippen LogP contribution in [0.2, 0.25) is 5.02 Å². The van der Waals surface area contributed by atoms with Crippen molar-refractivity contribution in [2.45, 2.75) is 36.9 Å². The zero-order valence-corrected chi connectivity index (χ0v) is 18.3. The molecule has 10 heteroatoms. The van der Waals surface area contributed by atoms with Gasteiger partial charge in [-0.15, -0.1) is 0 Å². The molecule has 1 heterocycles. The van der Waals surface area contributed by atoms with Crippen molar-refractivity contribution < 1.29 is 26.4 Å². The summed E-state index contributed by atoms with van der Waals surface area (Å²) in [5.41, 5.74) is -0.238. The number of carbonyl (C=O) groups is 1. The van der Waals surface area contributed by atoms with E-state index in [1.54, 1.807) is 12.1 Å². The Hall–Kier alpha value is -2.10. The molecular formula is C21H22ClF3N2O3S. The largest absolute Gasteiger partial charge is 0.416 e. The fourth-order valence-corrected chi connectivity index (χ4v) is 5.39. The highest BCUT2D eigenvalue weighted by atomic mass is 35.5. The zero-order valence-electron chi connectivity index (χ0n) is 16.7. The number of benzene rings is 2. The standard InChI is InChI=1S/C21H22ClF3N2O3S/c1-14(18-7-2-3-8-19(18)22)26-20(28)15-9-11-27(12-10-15)31(29,30)17-6-4-5-16(13-17)21(23,24)25/h2-8,13-15H,9-12H2,1H3,(H,26,28)/t14-/m1/s1. The number of hydrogen-bond acceptors (Lipinski definition) is 3. The minimum Gasteiger partial charge on any atom is -0.349 e. The summed E-state index contributed by atoms with van der Waals surface area (Å²) in [7, 11) is -4.08. The first-order valence-corrected chi connectivity index (χ1v) is 11.5. The number of amides is 1. The minimum absolute atomic E-state index is 0.0527. The second-order valence-corrected chi connectivity index (χ2v) is 9.80. The van der Waals surface area contributed by atoms with Crippen molar-refractivity contribution in [1.82, 2.24) is 9.62 Å². The average Bonchev–Trinajstić information content (AvgIpc) is 2.73. The molecule has 5 nitrogen and oxygen atoms in total. The van der Waals surface area contributed by atoms with E-state index < -0.39 is 32.6 Å². The van der Waals surface area contributed by atoms with Crippen molar-refractivity contribution in [2.24, 2.45) is 5.92 Å². The fraction of sp³-hybridized carbons (Fsp3) is 0.381. The maximum atomic E-state index is 12.9. The maximum absolute atomic E-state index is 12.9. The van der Waals surface area contributed by atoms with Gasteiger partial charge in [-0.25, -0.2) is 8.42 Å². The van der Waals surface area contributed by atoms with Gasteiger partial charge >= 0.3 is 6.18 Å². The van der Waals surface area contributed by atoms with Crippen LogP contribution in [0, 0.1) is 5.92 Å². The average molecular weight is 475 g/mol. The van der Waals surface area contributed by atoms with Crippen molar-refractivity contribution in [3.05, 3.63) is 64.7 Å². The molecule has 1 saturated heterocycles. The highest BCUT2D eigenvalue weighted by Gasteiger charge is 2.35. The molecule has 0 saturated carbocycles. The molecule has 0 radical (unpaired) electrons. The molecule has 0 unspecified atom stereocenters. The van der Waals surface area contributed by atoms with Gasteiger partial charge in [-0.1, -0.05) is 35.9 Å². The number of alkyl halides is 3. The van der Waals surface area contributed by atoms with Crippen LogP contribution in [0.15, 0.2) is 53.4 Å². The molecule has 1 amide bonds. The Morgan fingerprint density at radius 2 is 1.77 bits per heavy atom. The lowest BCUT2D eigenvalue weighted by atomic mass is 9.96. The third kappa shape index (κ3) is 5.39. The van der Waals surface area contributed by atoms with Crippen LogP contribution < -0.4 is 5.32 Å². The number of hydrogen-bond donors (Lipinski definition) is 1. The van der Waals surface area contributed by atoms with Crippen molar-refractivity contribution >= 4 is 27.5 Å². The summed E-state index contributed by atoms with van der Waals surface area (Å²) >= 11 is 6.16. The van der Waals surface area contributed by atoms with E-state index >= 15 is 0 Å². The van der Waals surface area contributed by atoms with E-state index in [1.807, 2.05) is 19.1 Å². The van der Waals surface area contributed by atoms with E-state index in [-0.39, 0.29) is 37.9 Å². The van der Waals surface area contributed by atoms with Crippen LogP contribution in [0.3, 0.4) is 0 Å². The van der Waals surface area contributed by atoms with Gasteiger partial charge < -0.3 is 5.32 Å². The van der Waals surface area contributed by atoms with Crippen LogP contribution in [-0.4, -0.2) is 31.7 Å². The van der Waals surface area contributed by atoms with E-state index in [4.69, 9.17) is 11.6 Å². The first kappa shape index (κ1) is 23.6. The smallest absolute Gasteiger partial charge is 0.349 e. The van der Waals surface area contributed by atoms with Crippen LogP contribution in [-0.2, 0) is 21.0 Å². The Morgan fingerprint density at radius 1 is 1.13 bits per heavy atom. The summed E-state index contributed by atoms with van der Waals surface area (Å²) < 4.78 is 65.5. The molecule has 3 rings (SSSR count). The monoisotopic (exact) mass is 474 g/mol. The lowest BCUT2D eigenvalue weighted by Crippen LogP contribution is -2.43. The number of sulfonamides is 1. The SMILES string of the molecule is C[C@@H](NC(=O)C1CCN(S(=O)(=O)c2cccc(C(F)(F)F)c2)CC1)c1ccccc1Cl. The molecule has 0 spiro atoms. The van der Waals surface area contributed by atoms with Crippen molar-refractivity contribution in [3.8, 4) is 0 Å². The number of carbonyl (C=O) groups excluding carboxylic acids is 1. The predicted molar refractivity (Wildman–Crippen MR) is 111 cm³/mol. The summed E-state index contributed by atoms with van der Waals surface area (Å²) in [5.74, 6) is -0.596. The molecule has 1 aliphatic rings. The molecule has 0 aliphatic carbocycles. The molecule has 2 aromatic carbocycles. The Balaban J connectivity index is 1.63. The van der Waals surface area contributed by atoms with E-state index in [0.717, 1.165) is 28.1 Å². The van der Waals surface area contributed by atoms with Gasteiger partial charge in [0.2, 0.25) is 15.9 Å². The zero-order chi connectivity index (χ0) is 22.8. The highest BCUT2D eigenvalue weighted by Crippen LogP contribution is 2.32. The fourth-order valence-electron chi connectivity index (χ4n) is 3.58. The van der Waals surface area contributed by atoms with Crippen LogP contribution >= 0.6 is 11.6 Å². The normalized spacial score (nSPS) is 17.3. The number of piperidine rings is 1. The van der Waals surface area contributed by atoms with E-state index in [2.05, 4.69) is 5.32 Å². The summed E-state index contributed by atoms with van der Waals surface area (Å²) in [6.07, 6.45) is -4.08. The molecular weight excluding hydrogens is 453 g/mol. The predicted octanol–water partition coefficient (Wildman–Crippen LogP) is 4.64. The molecule has 1 atom stereocenters. The molecule has 1 aliphatic heterocycles. The van der Waals surface area contributed by atoms with Gasteiger partial charge in [0.05, 0.1) is 16.5 Å². The van der Waals surface area contributed by atoms with Crippen molar-refractivity contribution in [3.63, 3.8) is 0 Å². The summed E-state index contributed by atoms with van der Waals surface area (Å²) in [5, 5.41) is 3.44. The van der Waals surface area contributed by atoms with Gasteiger partial charge in [0.1, 0.15) is 0 Å². The third-order valence-electron chi connectivity index (χ3n) is 5.35. The van der Waals surface area contributed by atoms with Crippen LogP contribution in [0.5, 0.6) is 0 Å². The van der Waals surface area contributed by atoms with Crippen LogP contribution in [0.4, 0.5) is 13.2 Å². The van der Waals surface area contributed by atoms with Crippen LogP contribution in [0.25, 0.3) is 0 Å². The molecule has 2 aromatic rings. The number of nitrogens with zero attached hydrogens (tertiary/aromatic N) is 1. The van der Waals surface area contributed by atoms with E-state index in [0.29, 0.717) is 11.1 Å². The molecule has 0 bridgehead atoms. The quantitative estimate of drug-likeness (QED) is 0.686. The molecule has 0 aromatic heterocycles. The van der Waals surface area contributed by atoms with Gasteiger partial charge in [0.25, 0.3) is 0 Å². The van der Waals surface area contributed by atoms with E-state index in [1.165, 1.54) is 0 Å². The molecule has 1 N–H and O–H groups in total. The Labute approximate surface area is 184 Å². The van der Waals surface area contributed by atoms with Gasteiger partial charge in [0.15, 0.2) is 0 Å². The van der Waals surface area contributed by atoms with Crippen molar-refractivity contribution in [1.29, 1.82) is 0 Å². The summed E-state index contributed by atoms with van der Waals surface area (Å²) in [6, 6.07) is 10.5. The number of nitrogens with one attached hydrogen (secondary N) is 1. The van der Waals surface area contributed by atoms with E-state index in [9.17, 15) is 26.4 Å². The van der Waals surface area contributed by atoms with Gasteiger partial charge in [-0.05, 0) is 49.6 Å². The lowest BCUT2D eigenvalue weighted by molar-refractivity contribution is -0.137. The maximum Gasteiger partial charge on any atom is 0.416 e. The first-order valence-electron chi connectivity index (χ1n) is 9.72. The second kappa shape index (κ2) is 9.18. The van der Waals surface area contributed by atoms with Gasteiger partial charge in [-0.2, -0.15) is 17.5 Å². The third-order valence-corrected chi connectivity index (χ3v) is 7.59. The van der Waals surface area contributed by atoms with Gasteiger partial charge in [-0.3, -0.25) is 4.79 Å². The Bertz CT molecular complexity index is 1050. The topological polar surface area (TPSA) is 66.5 Å². The van der Waals surface area contributed by atoms with Crippen LogP contribution in [0.1, 0.15) is 36.9 Å². The number of halogens is 4. The summed E-state index contributed by atoms with van der Waals surface area (Å²) in [4.78, 5) is 12.2. The molecule has 31 heavy (non-hydrogen) atoms. The Morgan fingerprint density at radius 3 is 2.39 bits per heavy atom. The van der Waals surface area contributed by atoms with Gasteiger partial charge in [0, 0.05) is 24.0 Å². The molecule has 1 fully saturated rings. The molecule has 168 valence electrons. The minimum atomic E-state index is -4.63. The lowest BCUT2D eigenvalue weighted by Gasteiger charge is -2.31.